The van der Waals surface area contributed by atoms with Gasteiger partial charge in [-0.05, 0) is 49.7 Å². The van der Waals surface area contributed by atoms with Crippen molar-refractivity contribution in [2.24, 2.45) is 0 Å². The number of halogens is 1. The first-order valence-electron chi connectivity index (χ1n) is 6.64. The van der Waals surface area contributed by atoms with Gasteiger partial charge in [0.15, 0.2) is 0 Å². The highest BCUT2D eigenvalue weighted by Gasteiger charge is 2.29. The molecule has 1 heterocycles. The van der Waals surface area contributed by atoms with Crippen LogP contribution < -0.4 is 0 Å². The third kappa shape index (κ3) is 2.66. The molecule has 1 nitrogen and oxygen atoms in total. The van der Waals surface area contributed by atoms with Gasteiger partial charge in [-0.3, -0.25) is 0 Å². The van der Waals surface area contributed by atoms with Crippen LogP contribution in [-0.4, -0.2) is 12.7 Å². The molecular formula is C15H21ClO. The van der Waals surface area contributed by atoms with Crippen molar-refractivity contribution in [3.05, 3.63) is 35.4 Å². The maximum absolute atomic E-state index is 5.97. The van der Waals surface area contributed by atoms with E-state index in [4.69, 9.17) is 4.74 Å². The van der Waals surface area contributed by atoms with E-state index in [2.05, 4.69) is 24.3 Å². The van der Waals surface area contributed by atoms with E-state index >= 15 is 0 Å². The number of hydrogen-bond acceptors (Lipinski definition) is 1. The van der Waals surface area contributed by atoms with Gasteiger partial charge >= 0.3 is 0 Å². The summed E-state index contributed by atoms with van der Waals surface area (Å²) in [6.07, 6.45) is 8.28. The number of benzene rings is 1. The quantitative estimate of drug-likeness (QED) is 0.731. The molecule has 0 radical (unpaired) electrons. The van der Waals surface area contributed by atoms with Crippen LogP contribution in [0.3, 0.4) is 0 Å². The van der Waals surface area contributed by atoms with Gasteiger partial charge in [0.1, 0.15) is 0 Å². The Bertz CT molecular complexity index is 358. The Labute approximate surface area is 110 Å². The summed E-state index contributed by atoms with van der Waals surface area (Å²) in [7, 11) is 0. The molecule has 2 unspecified atom stereocenters. The highest BCUT2D eigenvalue weighted by atomic mass is 35.5. The summed E-state index contributed by atoms with van der Waals surface area (Å²) in [5.41, 5.74) is 3.13. The second-order valence-corrected chi connectivity index (χ2v) is 5.10. The molecular weight excluding hydrogens is 232 g/mol. The Kier molecular flexibility index (Phi) is 4.47. The minimum Gasteiger partial charge on any atom is -0.378 e. The molecule has 0 N–H and O–H groups in total. The zero-order valence-corrected chi connectivity index (χ0v) is 11.0. The Hall–Kier alpha value is -0.530. The van der Waals surface area contributed by atoms with Gasteiger partial charge in [0.05, 0.1) is 6.10 Å². The molecule has 0 spiro atoms. The lowest BCUT2D eigenvalue weighted by Gasteiger charge is -2.34. The van der Waals surface area contributed by atoms with Crippen molar-refractivity contribution >= 4 is 12.4 Å². The first kappa shape index (κ1) is 12.9. The van der Waals surface area contributed by atoms with Gasteiger partial charge in [-0.1, -0.05) is 24.3 Å². The average molecular weight is 253 g/mol. The summed E-state index contributed by atoms with van der Waals surface area (Å²) in [5.74, 6) is 0.672. The summed E-state index contributed by atoms with van der Waals surface area (Å²) < 4.78 is 5.97. The fraction of sp³-hybridized carbons (Fsp3) is 0.600. The minimum absolute atomic E-state index is 0. The summed E-state index contributed by atoms with van der Waals surface area (Å²) in [4.78, 5) is 0. The highest BCUT2D eigenvalue weighted by molar-refractivity contribution is 5.85. The Morgan fingerprint density at radius 1 is 1.00 bits per heavy atom. The third-order valence-corrected chi connectivity index (χ3v) is 4.08. The average Bonchev–Trinajstić information content (AvgIpc) is 2.39. The predicted molar refractivity (Wildman–Crippen MR) is 73.0 cm³/mol. The normalized spacial score (nSPS) is 28.0. The van der Waals surface area contributed by atoms with Crippen LogP contribution in [0, 0.1) is 0 Å². The van der Waals surface area contributed by atoms with Crippen molar-refractivity contribution in [3.8, 4) is 0 Å². The van der Waals surface area contributed by atoms with Crippen LogP contribution in [0.25, 0.3) is 0 Å². The van der Waals surface area contributed by atoms with Crippen molar-refractivity contribution < 1.29 is 4.74 Å². The molecule has 0 saturated carbocycles. The Morgan fingerprint density at radius 2 is 1.88 bits per heavy atom. The zero-order valence-electron chi connectivity index (χ0n) is 10.2. The molecule has 0 bridgehead atoms. The maximum atomic E-state index is 5.97. The first-order chi connectivity index (χ1) is 7.95. The van der Waals surface area contributed by atoms with E-state index in [0.717, 1.165) is 6.61 Å². The Morgan fingerprint density at radius 3 is 2.71 bits per heavy atom. The van der Waals surface area contributed by atoms with Gasteiger partial charge < -0.3 is 4.74 Å². The predicted octanol–water partition coefficient (Wildman–Crippen LogP) is 4.10. The molecule has 17 heavy (non-hydrogen) atoms. The van der Waals surface area contributed by atoms with E-state index in [0.29, 0.717) is 12.0 Å². The summed E-state index contributed by atoms with van der Waals surface area (Å²) in [6.45, 7) is 0.976. The van der Waals surface area contributed by atoms with Crippen LogP contribution in [0.5, 0.6) is 0 Å². The zero-order chi connectivity index (χ0) is 10.8. The van der Waals surface area contributed by atoms with Gasteiger partial charge in [0.2, 0.25) is 0 Å². The number of rotatable bonds is 1. The first-order valence-corrected chi connectivity index (χ1v) is 6.64. The standard InChI is InChI=1S/C15H20O.ClH/c1-2-8-13-12(6-1)7-5-9-14(13)15-10-3-4-11-16-15;/h1-2,6,8,14-15H,3-5,7,9-11H2;1H. The monoisotopic (exact) mass is 252 g/mol. The van der Waals surface area contributed by atoms with Crippen molar-refractivity contribution in [3.63, 3.8) is 0 Å². The lowest BCUT2D eigenvalue weighted by atomic mass is 9.78. The van der Waals surface area contributed by atoms with Crippen molar-refractivity contribution in [2.75, 3.05) is 6.61 Å². The molecule has 3 rings (SSSR count). The van der Waals surface area contributed by atoms with E-state index in [1.165, 1.54) is 38.5 Å². The van der Waals surface area contributed by atoms with Crippen LogP contribution in [0.15, 0.2) is 24.3 Å². The van der Waals surface area contributed by atoms with E-state index < -0.39 is 0 Å². The second-order valence-electron chi connectivity index (χ2n) is 5.10. The lowest BCUT2D eigenvalue weighted by molar-refractivity contribution is -0.00440. The highest BCUT2D eigenvalue weighted by Crippen LogP contribution is 2.37. The van der Waals surface area contributed by atoms with E-state index in [9.17, 15) is 0 Å². The number of aryl methyl sites for hydroxylation is 1. The largest absolute Gasteiger partial charge is 0.378 e. The molecule has 1 aromatic carbocycles. The van der Waals surface area contributed by atoms with Crippen LogP contribution in [0.4, 0.5) is 0 Å². The fourth-order valence-electron chi connectivity index (χ4n) is 3.26. The number of hydrogen-bond donors (Lipinski definition) is 0. The van der Waals surface area contributed by atoms with Crippen molar-refractivity contribution in [2.45, 2.75) is 50.5 Å². The summed E-state index contributed by atoms with van der Waals surface area (Å²) in [6, 6.07) is 8.96. The maximum Gasteiger partial charge on any atom is 0.0643 e. The molecule has 1 aliphatic carbocycles. The molecule has 2 aliphatic rings. The van der Waals surface area contributed by atoms with Crippen LogP contribution in [0.1, 0.15) is 49.1 Å². The molecule has 1 saturated heterocycles. The van der Waals surface area contributed by atoms with Crippen LogP contribution in [0.2, 0.25) is 0 Å². The fourth-order valence-corrected chi connectivity index (χ4v) is 3.26. The van der Waals surface area contributed by atoms with Crippen molar-refractivity contribution in [1.82, 2.24) is 0 Å². The Balaban J connectivity index is 0.00000108. The van der Waals surface area contributed by atoms with Gasteiger partial charge in [-0.2, -0.15) is 0 Å². The van der Waals surface area contributed by atoms with Gasteiger partial charge in [0, 0.05) is 12.5 Å². The second kappa shape index (κ2) is 5.88. The van der Waals surface area contributed by atoms with Crippen LogP contribution >= 0.6 is 12.4 Å². The smallest absolute Gasteiger partial charge is 0.0643 e. The summed E-state index contributed by atoms with van der Waals surface area (Å²) in [5, 5.41) is 0. The molecule has 2 heteroatoms. The molecule has 1 aliphatic heterocycles. The molecule has 2 atom stereocenters. The number of ether oxygens (including phenoxy) is 1. The van der Waals surface area contributed by atoms with Crippen LogP contribution in [-0.2, 0) is 11.2 Å². The lowest BCUT2D eigenvalue weighted by Crippen LogP contribution is -2.29. The number of fused-ring (bicyclic) bond motifs is 1. The SMILES string of the molecule is Cl.c1ccc2c(c1)CCCC2C1CCCCO1. The van der Waals surface area contributed by atoms with Crippen molar-refractivity contribution in [1.29, 1.82) is 0 Å². The molecule has 0 aromatic heterocycles. The van der Waals surface area contributed by atoms with Gasteiger partial charge in [-0.15, -0.1) is 12.4 Å². The third-order valence-electron chi connectivity index (χ3n) is 4.08. The van der Waals surface area contributed by atoms with Gasteiger partial charge in [-0.25, -0.2) is 0 Å². The minimum atomic E-state index is 0. The van der Waals surface area contributed by atoms with E-state index in [1.807, 2.05) is 0 Å². The summed E-state index contributed by atoms with van der Waals surface area (Å²) >= 11 is 0. The van der Waals surface area contributed by atoms with Gasteiger partial charge in [0.25, 0.3) is 0 Å². The topological polar surface area (TPSA) is 9.23 Å². The molecule has 1 fully saturated rings. The molecule has 0 amide bonds. The van der Waals surface area contributed by atoms with E-state index in [1.54, 1.807) is 11.1 Å². The molecule has 1 aromatic rings. The van der Waals surface area contributed by atoms with E-state index in [-0.39, 0.29) is 12.4 Å². The molecule has 94 valence electrons.